The van der Waals surface area contributed by atoms with E-state index in [-0.39, 0.29) is 0 Å². The van der Waals surface area contributed by atoms with Crippen LogP contribution in [0, 0.1) is 12.8 Å². The summed E-state index contributed by atoms with van der Waals surface area (Å²) in [6.07, 6.45) is 4.17. The molecule has 0 nitrogen and oxygen atoms in total. The van der Waals surface area contributed by atoms with Crippen molar-refractivity contribution in [3.63, 3.8) is 0 Å². The van der Waals surface area contributed by atoms with Crippen molar-refractivity contribution in [1.82, 2.24) is 0 Å². The summed E-state index contributed by atoms with van der Waals surface area (Å²) in [5.74, 6) is 0.815. The first-order chi connectivity index (χ1) is 2.39. The fourth-order valence-electron chi connectivity index (χ4n) is 0.493. The SMILES string of the molecule is [CH2]C1CCC1. The third-order valence-corrected chi connectivity index (χ3v) is 1.22. The Bertz CT molecular complexity index is 27.0. The lowest BCUT2D eigenvalue weighted by Gasteiger charge is -2.18. The quantitative estimate of drug-likeness (QED) is 0.405. The van der Waals surface area contributed by atoms with E-state index in [1.807, 2.05) is 0 Å². The Labute approximate surface area is 33.2 Å². The van der Waals surface area contributed by atoms with Crippen molar-refractivity contribution >= 4 is 0 Å². The average molecular weight is 69.1 g/mol. The zero-order valence-corrected chi connectivity index (χ0v) is 3.41. The van der Waals surface area contributed by atoms with Gasteiger partial charge in [0.25, 0.3) is 0 Å². The third-order valence-electron chi connectivity index (χ3n) is 1.22. The third kappa shape index (κ3) is 0.444. The van der Waals surface area contributed by atoms with Gasteiger partial charge in [0.15, 0.2) is 0 Å². The van der Waals surface area contributed by atoms with E-state index in [4.69, 9.17) is 0 Å². The average Bonchev–Trinajstić information content (AvgIpc) is 1.30. The second-order valence-electron chi connectivity index (χ2n) is 1.80. The molecule has 0 heterocycles. The molecule has 0 aliphatic heterocycles. The lowest BCUT2D eigenvalue weighted by molar-refractivity contribution is 0.384. The van der Waals surface area contributed by atoms with E-state index < -0.39 is 0 Å². The zero-order valence-electron chi connectivity index (χ0n) is 3.41. The molecule has 1 saturated carbocycles. The van der Waals surface area contributed by atoms with Crippen molar-refractivity contribution in [3.8, 4) is 0 Å². The Morgan fingerprint density at radius 3 is 1.80 bits per heavy atom. The molecular formula is C5H9. The van der Waals surface area contributed by atoms with Crippen LogP contribution in [0.5, 0.6) is 0 Å². The highest BCUT2D eigenvalue weighted by Gasteiger charge is 2.09. The lowest BCUT2D eigenvalue weighted by Crippen LogP contribution is -2.04. The van der Waals surface area contributed by atoms with E-state index in [0.29, 0.717) is 0 Å². The summed E-state index contributed by atoms with van der Waals surface area (Å²) < 4.78 is 0. The van der Waals surface area contributed by atoms with Crippen LogP contribution in [0.1, 0.15) is 19.3 Å². The Morgan fingerprint density at radius 1 is 1.40 bits per heavy atom. The Kier molecular flexibility index (Phi) is 0.640. The van der Waals surface area contributed by atoms with Crippen LogP contribution in [0.15, 0.2) is 0 Å². The molecule has 1 radical (unpaired) electrons. The molecule has 5 heavy (non-hydrogen) atoms. The standard InChI is InChI=1S/C5H9/c1-5-3-2-4-5/h5H,1-4H2. The number of hydrogen-bond donors (Lipinski definition) is 0. The molecule has 0 atom stereocenters. The molecule has 0 N–H and O–H groups in total. The molecule has 0 heteroatoms. The molecule has 0 unspecified atom stereocenters. The maximum atomic E-state index is 3.84. The summed E-state index contributed by atoms with van der Waals surface area (Å²) in [6.45, 7) is 3.84. The molecule has 29 valence electrons. The van der Waals surface area contributed by atoms with Crippen LogP contribution in [-0.2, 0) is 0 Å². The minimum absolute atomic E-state index is 0.815. The van der Waals surface area contributed by atoms with Crippen LogP contribution in [0.25, 0.3) is 0 Å². The van der Waals surface area contributed by atoms with E-state index in [2.05, 4.69) is 6.92 Å². The predicted octanol–water partition coefficient (Wildman–Crippen LogP) is 1.62. The van der Waals surface area contributed by atoms with Gasteiger partial charge in [-0.15, -0.1) is 0 Å². The van der Waals surface area contributed by atoms with Crippen molar-refractivity contribution < 1.29 is 0 Å². The van der Waals surface area contributed by atoms with Gasteiger partial charge < -0.3 is 0 Å². The summed E-state index contributed by atoms with van der Waals surface area (Å²) >= 11 is 0. The van der Waals surface area contributed by atoms with E-state index in [1.165, 1.54) is 19.3 Å². The van der Waals surface area contributed by atoms with E-state index >= 15 is 0 Å². The van der Waals surface area contributed by atoms with E-state index in [0.717, 1.165) is 5.92 Å². The van der Waals surface area contributed by atoms with E-state index in [1.54, 1.807) is 0 Å². The molecule has 0 aromatic heterocycles. The fourth-order valence-corrected chi connectivity index (χ4v) is 0.493. The van der Waals surface area contributed by atoms with Gasteiger partial charge in [0.1, 0.15) is 0 Å². The molecule has 0 saturated heterocycles. The molecule has 0 bridgehead atoms. The molecular weight excluding hydrogens is 60.1 g/mol. The summed E-state index contributed by atoms with van der Waals surface area (Å²) in [4.78, 5) is 0. The Morgan fingerprint density at radius 2 is 1.80 bits per heavy atom. The second kappa shape index (κ2) is 1.00. The fraction of sp³-hybridized carbons (Fsp3) is 0.800. The van der Waals surface area contributed by atoms with Crippen molar-refractivity contribution in [1.29, 1.82) is 0 Å². The van der Waals surface area contributed by atoms with Gasteiger partial charge in [-0.2, -0.15) is 0 Å². The van der Waals surface area contributed by atoms with Crippen LogP contribution in [0.3, 0.4) is 0 Å². The first-order valence-electron chi connectivity index (χ1n) is 2.22. The van der Waals surface area contributed by atoms with Crippen LogP contribution in [0.2, 0.25) is 0 Å². The zero-order chi connectivity index (χ0) is 3.70. The van der Waals surface area contributed by atoms with Crippen molar-refractivity contribution in [2.45, 2.75) is 19.3 Å². The topological polar surface area (TPSA) is 0 Å². The van der Waals surface area contributed by atoms with Crippen molar-refractivity contribution in [2.75, 3.05) is 0 Å². The van der Waals surface area contributed by atoms with Gasteiger partial charge in [-0.3, -0.25) is 0 Å². The molecule has 0 spiro atoms. The first-order valence-corrected chi connectivity index (χ1v) is 2.22. The summed E-state index contributed by atoms with van der Waals surface area (Å²) in [7, 11) is 0. The Hall–Kier alpha value is 0. The van der Waals surface area contributed by atoms with Crippen molar-refractivity contribution in [2.24, 2.45) is 5.92 Å². The molecule has 1 aliphatic carbocycles. The Balaban J connectivity index is 2.08. The second-order valence-corrected chi connectivity index (χ2v) is 1.80. The van der Waals surface area contributed by atoms with Crippen LogP contribution < -0.4 is 0 Å². The highest BCUT2D eigenvalue weighted by atomic mass is 14.1. The highest BCUT2D eigenvalue weighted by Crippen LogP contribution is 2.23. The molecule has 1 rings (SSSR count). The van der Waals surface area contributed by atoms with Gasteiger partial charge in [-0.1, -0.05) is 26.2 Å². The van der Waals surface area contributed by atoms with Crippen LogP contribution in [-0.4, -0.2) is 0 Å². The molecule has 1 fully saturated rings. The van der Waals surface area contributed by atoms with Crippen molar-refractivity contribution in [3.05, 3.63) is 6.92 Å². The van der Waals surface area contributed by atoms with Crippen LogP contribution in [0.4, 0.5) is 0 Å². The molecule has 1 aliphatic rings. The van der Waals surface area contributed by atoms with Gasteiger partial charge in [-0.25, -0.2) is 0 Å². The number of rotatable bonds is 0. The van der Waals surface area contributed by atoms with Gasteiger partial charge in [-0.05, 0) is 5.92 Å². The predicted molar refractivity (Wildman–Crippen MR) is 22.7 cm³/mol. The van der Waals surface area contributed by atoms with Gasteiger partial charge in [0.05, 0.1) is 0 Å². The lowest BCUT2D eigenvalue weighted by atomic mass is 9.88. The minimum atomic E-state index is 0.815. The smallest absolute Gasteiger partial charge is 0.0414 e. The molecule has 0 amide bonds. The molecule has 0 aromatic rings. The summed E-state index contributed by atoms with van der Waals surface area (Å²) in [6, 6.07) is 0. The summed E-state index contributed by atoms with van der Waals surface area (Å²) in [5, 5.41) is 0. The molecule has 0 aromatic carbocycles. The van der Waals surface area contributed by atoms with Gasteiger partial charge in [0, 0.05) is 0 Å². The number of hydrogen-bond acceptors (Lipinski definition) is 0. The maximum Gasteiger partial charge on any atom is -0.0414 e. The summed E-state index contributed by atoms with van der Waals surface area (Å²) in [5.41, 5.74) is 0. The van der Waals surface area contributed by atoms with Crippen LogP contribution >= 0.6 is 0 Å². The van der Waals surface area contributed by atoms with Gasteiger partial charge >= 0.3 is 0 Å². The van der Waals surface area contributed by atoms with Gasteiger partial charge in [0.2, 0.25) is 0 Å². The highest BCUT2D eigenvalue weighted by molar-refractivity contribution is 4.69. The monoisotopic (exact) mass is 69.1 g/mol. The first kappa shape index (κ1) is 3.20. The maximum absolute atomic E-state index is 3.84. The largest absolute Gasteiger partial charge is 0.0528 e. The normalized spacial score (nSPS) is 25.8. The van der Waals surface area contributed by atoms with E-state index in [9.17, 15) is 0 Å². The minimum Gasteiger partial charge on any atom is -0.0528 e.